The van der Waals surface area contributed by atoms with E-state index in [0.717, 1.165) is 10.8 Å². The van der Waals surface area contributed by atoms with Gasteiger partial charge in [0, 0.05) is 6.20 Å². The zero-order chi connectivity index (χ0) is 18.9. The van der Waals surface area contributed by atoms with Crippen molar-refractivity contribution < 1.29 is 25.2 Å². The minimum Gasteiger partial charge on any atom is -0.394 e. The number of ether oxygens (including phenoxy) is 1. The van der Waals surface area contributed by atoms with Gasteiger partial charge in [0.05, 0.1) is 6.61 Å². The highest BCUT2D eigenvalue weighted by atomic mass is 28.3. The van der Waals surface area contributed by atoms with Crippen LogP contribution >= 0.6 is 0 Å². The quantitative estimate of drug-likeness (QED) is 0.292. The summed E-state index contributed by atoms with van der Waals surface area (Å²) in [4.78, 5) is 26.1. The summed E-state index contributed by atoms with van der Waals surface area (Å²) in [6.45, 7) is 5.34. The van der Waals surface area contributed by atoms with Gasteiger partial charge in [0.1, 0.15) is 38.1 Å². The molecule has 1 fully saturated rings. The van der Waals surface area contributed by atoms with Gasteiger partial charge in [-0.15, -0.1) is 5.54 Å². The SMILES string of the molecule is C[Si](C)(C)C#Cc1cn([C@@H]2O[C@H](CO)[C@@H](O)[C@H](O)[C@H]2O)c(=O)[nH]c1=O. The van der Waals surface area contributed by atoms with E-state index in [1.165, 1.54) is 0 Å². The third-order valence-corrected chi connectivity index (χ3v) is 4.56. The van der Waals surface area contributed by atoms with Crippen molar-refractivity contribution in [2.45, 2.75) is 50.3 Å². The molecule has 5 atom stereocenters. The first-order valence-corrected chi connectivity index (χ1v) is 11.2. The summed E-state index contributed by atoms with van der Waals surface area (Å²) in [5.74, 6) is 2.73. The topological polar surface area (TPSA) is 145 Å². The number of aromatic amines is 1. The molecule has 5 N–H and O–H groups in total. The van der Waals surface area contributed by atoms with Crippen molar-refractivity contribution in [2.24, 2.45) is 0 Å². The molecule has 1 aliphatic heterocycles. The highest BCUT2D eigenvalue weighted by Gasteiger charge is 2.44. The second-order valence-corrected chi connectivity index (χ2v) is 11.7. The van der Waals surface area contributed by atoms with Gasteiger partial charge >= 0.3 is 5.69 Å². The molecular formula is C15H22N2O7Si. The lowest BCUT2D eigenvalue weighted by Gasteiger charge is -2.40. The molecule has 138 valence electrons. The number of aliphatic hydroxyl groups excluding tert-OH is 4. The molecule has 0 unspecified atom stereocenters. The van der Waals surface area contributed by atoms with Crippen molar-refractivity contribution in [3.05, 3.63) is 32.6 Å². The Hall–Kier alpha value is -1.74. The number of H-pyrrole nitrogens is 1. The van der Waals surface area contributed by atoms with Crippen LogP contribution in [0.15, 0.2) is 15.8 Å². The molecule has 1 aromatic rings. The van der Waals surface area contributed by atoms with Crippen molar-refractivity contribution in [1.82, 2.24) is 9.55 Å². The van der Waals surface area contributed by atoms with Gasteiger partial charge in [-0.25, -0.2) is 4.79 Å². The fraction of sp³-hybridized carbons (Fsp3) is 0.600. The summed E-state index contributed by atoms with van der Waals surface area (Å²) in [5, 5.41) is 39.0. The maximum absolute atomic E-state index is 12.1. The standard InChI is InChI=1S/C15H22N2O7Si/c1-25(2,3)5-4-8-6-17(15(23)16-13(8)22)14-12(21)11(20)10(19)9(7-18)24-14/h6,9-12,14,18-21H,7H2,1-3H3,(H,16,22,23)/t9-,10-,11+,12-,14-/m1/s1. The van der Waals surface area contributed by atoms with Crippen LogP contribution in [0.5, 0.6) is 0 Å². The van der Waals surface area contributed by atoms with Crippen molar-refractivity contribution in [1.29, 1.82) is 0 Å². The number of rotatable bonds is 2. The highest BCUT2D eigenvalue weighted by Crippen LogP contribution is 2.27. The Morgan fingerprint density at radius 1 is 1.20 bits per heavy atom. The lowest BCUT2D eigenvalue weighted by Crippen LogP contribution is -2.58. The lowest BCUT2D eigenvalue weighted by molar-refractivity contribution is -0.252. The first kappa shape index (κ1) is 19.6. The second-order valence-electron chi connectivity index (χ2n) is 6.93. The Balaban J connectivity index is 2.49. The van der Waals surface area contributed by atoms with Gasteiger partial charge in [-0.2, -0.15) is 0 Å². The van der Waals surface area contributed by atoms with Crippen molar-refractivity contribution >= 4 is 8.07 Å². The van der Waals surface area contributed by atoms with E-state index in [-0.39, 0.29) is 5.56 Å². The molecule has 0 bridgehead atoms. The van der Waals surface area contributed by atoms with Crippen LogP contribution in [0.25, 0.3) is 0 Å². The van der Waals surface area contributed by atoms with Gasteiger partial charge in [0.25, 0.3) is 5.56 Å². The fourth-order valence-corrected chi connectivity index (χ4v) is 2.84. The monoisotopic (exact) mass is 370 g/mol. The van der Waals surface area contributed by atoms with Gasteiger partial charge in [0.2, 0.25) is 0 Å². The Labute approximate surface area is 144 Å². The summed E-state index contributed by atoms with van der Waals surface area (Å²) in [7, 11) is -1.77. The van der Waals surface area contributed by atoms with Crippen LogP contribution in [-0.4, -0.2) is 69.1 Å². The minimum absolute atomic E-state index is 0.0129. The molecule has 0 radical (unpaired) electrons. The number of nitrogens with zero attached hydrogens (tertiary/aromatic N) is 1. The fourth-order valence-electron chi connectivity index (χ4n) is 2.33. The molecule has 1 saturated heterocycles. The zero-order valence-corrected chi connectivity index (χ0v) is 15.1. The predicted molar refractivity (Wildman–Crippen MR) is 90.6 cm³/mol. The number of hydrogen-bond acceptors (Lipinski definition) is 7. The first-order valence-electron chi connectivity index (χ1n) is 7.74. The smallest absolute Gasteiger partial charge is 0.330 e. The average molecular weight is 370 g/mol. The third-order valence-electron chi connectivity index (χ3n) is 3.68. The number of aliphatic hydroxyl groups is 4. The van der Waals surface area contributed by atoms with E-state index in [1.807, 2.05) is 19.6 Å². The summed E-state index contributed by atoms with van der Waals surface area (Å²) in [6, 6.07) is 0. The molecule has 0 aliphatic carbocycles. The van der Waals surface area contributed by atoms with Gasteiger partial charge in [0.15, 0.2) is 6.23 Å². The summed E-state index contributed by atoms with van der Waals surface area (Å²) < 4.78 is 6.22. The van der Waals surface area contributed by atoms with Crippen molar-refractivity contribution in [3.63, 3.8) is 0 Å². The second kappa shape index (κ2) is 7.25. The first-order chi connectivity index (χ1) is 11.5. The van der Waals surface area contributed by atoms with E-state index in [0.29, 0.717) is 0 Å². The van der Waals surface area contributed by atoms with Crippen LogP contribution < -0.4 is 11.2 Å². The van der Waals surface area contributed by atoms with E-state index < -0.39 is 56.6 Å². The maximum Gasteiger partial charge on any atom is 0.330 e. The average Bonchev–Trinajstić information content (AvgIpc) is 2.52. The molecule has 9 nitrogen and oxygen atoms in total. The summed E-state index contributed by atoms with van der Waals surface area (Å²) in [5.41, 5.74) is 1.47. The normalized spacial score (nSPS) is 29.8. The van der Waals surface area contributed by atoms with Crippen LogP contribution in [-0.2, 0) is 4.74 Å². The Morgan fingerprint density at radius 3 is 2.40 bits per heavy atom. The van der Waals surface area contributed by atoms with Gasteiger partial charge in [-0.05, 0) is 0 Å². The van der Waals surface area contributed by atoms with Crippen molar-refractivity contribution in [3.8, 4) is 11.5 Å². The van der Waals surface area contributed by atoms with Gasteiger partial charge in [-0.1, -0.05) is 25.6 Å². The van der Waals surface area contributed by atoms with Gasteiger partial charge in [-0.3, -0.25) is 14.3 Å². The van der Waals surface area contributed by atoms with Crippen LogP contribution in [0.1, 0.15) is 11.8 Å². The highest BCUT2D eigenvalue weighted by molar-refractivity contribution is 6.83. The van der Waals surface area contributed by atoms with Gasteiger partial charge < -0.3 is 25.2 Å². The maximum atomic E-state index is 12.1. The lowest BCUT2D eigenvalue weighted by atomic mass is 9.98. The molecule has 0 aromatic carbocycles. The van der Waals surface area contributed by atoms with Crippen molar-refractivity contribution in [2.75, 3.05) is 6.61 Å². The van der Waals surface area contributed by atoms with E-state index in [1.54, 1.807) is 0 Å². The molecule has 1 aromatic heterocycles. The Bertz CT molecular complexity index is 799. The van der Waals surface area contributed by atoms with E-state index in [2.05, 4.69) is 16.4 Å². The van der Waals surface area contributed by atoms with E-state index >= 15 is 0 Å². The molecule has 0 saturated carbocycles. The number of nitrogens with one attached hydrogen (secondary N) is 1. The largest absolute Gasteiger partial charge is 0.394 e. The van der Waals surface area contributed by atoms with Crippen LogP contribution in [0.4, 0.5) is 0 Å². The van der Waals surface area contributed by atoms with Crippen LogP contribution in [0, 0.1) is 11.5 Å². The number of aromatic nitrogens is 2. The molecule has 25 heavy (non-hydrogen) atoms. The van der Waals surface area contributed by atoms with Crippen LogP contribution in [0.3, 0.4) is 0 Å². The van der Waals surface area contributed by atoms with E-state index in [9.17, 15) is 30.0 Å². The molecule has 0 spiro atoms. The van der Waals surface area contributed by atoms with Crippen LogP contribution in [0.2, 0.25) is 19.6 Å². The summed E-state index contributed by atoms with van der Waals surface area (Å²) in [6.07, 6.45) is -6.24. The molecule has 10 heteroatoms. The predicted octanol–water partition coefficient (Wildman–Crippen LogP) is -2.26. The zero-order valence-electron chi connectivity index (χ0n) is 14.1. The molecule has 2 heterocycles. The number of hydrogen-bond donors (Lipinski definition) is 5. The molecular weight excluding hydrogens is 348 g/mol. The molecule has 2 rings (SSSR count). The molecule has 1 aliphatic rings. The van der Waals surface area contributed by atoms with E-state index in [4.69, 9.17) is 4.74 Å². The summed E-state index contributed by atoms with van der Waals surface area (Å²) >= 11 is 0. The Kier molecular flexibility index (Phi) is 5.67. The molecule has 0 amide bonds. The Morgan fingerprint density at radius 2 is 1.84 bits per heavy atom. The minimum atomic E-state index is -1.77. The third kappa shape index (κ3) is 4.27.